The highest BCUT2D eigenvalue weighted by atomic mass is 32.2. The van der Waals surface area contributed by atoms with Crippen LogP contribution in [-0.2, 0) is 21.4 Å². The summed E-state index contributed by atoms with van der Waals surface area (Å²) in [5.74, 6) is -0.517. The fraction of sp³-hybridized carbons (Fsp3) is 0.259. The van der Waals surface area contributed by atoms with E-state index < -0.39 is 15.9 Å². The predicted octanol–water partition coefficient (Wildman–Crippen LogP) is 5.24. The van der Waals surface area contributed by atoms with Crippen LogP contribution in [0.5, 0.6) is 0 Å². The minimum absolute atomic E-state index is 0.0864. The summed E-state index contributed by atoms with van der Waals surface area (Å²) in [6, 6.07) is 24.5. The highest BCUT2D eigenvalue weighted by Crippen LogP contribution is 2.33. The van der Waals surface area contributed by atoms with Gasteiger partial charge in [0.05, 0.1) is 27.6 Å². The zero-order chi connectivity index (χ0) is 24.4. The summed E-state index contributed by atoms with van der Waals surface area (Å²) in [5, 5.41) is 0.638. The summed E-state index contributed by atoms with van der Waals surface area (Å²) in [6.07, 6.45) is 1.29. The number of hydrogen-bond acceptors (Lipinski definition) is 5. The number of anilines is 1. The van der Waals surface area contributed by atoms with Gasteiger partial charge in [0, 0.05) is 13.1 Å². The number of aryl methyl sites for hydroxylation is 1. The Labute approximate surface area is 209 Å². The van der Waals surface area contributed by atoms with Gasteiger partial charge in [0.1, 0.15) is 0 Å². The van der Waals surface area contributed by atoms with Crippen LogP contribution in [0.3, 0.4) is 0 Å². The van der Waals surface area contributed by atoms with Crippen molar-refractivity contribution in [3.8, 4) is 0 Å². The molecule has 0 aliphatic carbocycles. The van der Waals surface area contributed by atoms with Crippen molar-refractivity contribution in [2.24, 2.45) is 5.92 Å². The smallest absolute Gasteiger partial charge is 0.243 e. The van der Waals surface area contributed by atoms with E-state index in [4.69, 9.17) is 4.98 Å². The molecule has 1 aromatic heterocycles. The van der Waals surface area contributed by atoms with Crippen LogP contribution in [0, 0.1) is 12.8 Å². The fourth-order valence-corrected chi connectivity index (χ4v) is 6.92. The van der Waals surface area contributed by atoms with E-state index >= 15 is 0 Å². The topological polar surface area (TPSA) is 70.6 Å². The van der Waals surface area contributed by atoms with Crippen molar-refractivity contribution in [1.82, 2.24) is 9.29 Å². The lowest BCUT2D eigenvalue weighted by molar-refractivity contribution is -0.123. The lowest BCUT2D eigenvalue weighted by Gasteiger charge is -2.33. The van der Waals surface area contributed by atoms with Crippen LogP contribution < -0.4 is 4.90 Å². The number of benzene rings is 3. The van der Waals surface area contributed by atoms with Gasteiger partial charge in [-0.15, -0.1) is 0 Å². The largest absolute Gasteiger partial charge is 0.283 e. The first-order valence-corrected chi connectivity index (χ1v) is 14.0. The van der Waals surface area contributed by atoms with Crippen molar-refractivity contribution >= 4 is 42.6 Å². The number of carbonyl (C=O) groups excluding carboxylic acids is 1. The van der Waals surface area contributed by atoms with Crippen molar-refractivity contribution < 1.29 is 13.2 Å². The monoisotopic (exact) mass is 505 g/mol. The average molecular weight is 506 g/mol. The Bertz CT molecular complexity index is 1400. The minimum Gasteiger partial charge on any atom is -0.283 e. The van der Waals surface area contributed by atoms with E-state index in [0.717, 1.165) is 21.3 Å². The Morgan fingerprint density at radius 2 is 1.74 bits per heavy atom. The van der Waals surface area contributed by atoms with Crippen LogP contribution in [0.2, 0.25) is 0 Å². The van der Waals surface area contributed by atoms with Gasteiger partial charge in [-0.25, -0.2) is 13.4 Å². The molecule has 0 saturated carbocycles. The lowest BCUT2D eigenvalue weighted by Crippen LogP contribution is -2.46. The molecule has 1 saturated heterocycles. The van der Waals surface area contributed by atoms with E-state index in [2.05, 4.69) is 0 Å². The first-order chi connectivity index (χ1) is 16.9. The summed E-state index contributed by atoms with van der Waals surface area (Å²) >= 11 is 1.48. The van der Waals surface area contributed by atoms with Gasteiger partial charge in [-0.3, -0.25) is 9.69 Å². The van der Waals surface area contributed by atoms with Gasteiger partial charge in [0.2, 0.25) is 15.9 Å². The first kappa shape index (κ1) is 23.7. The zero-order valence-electron chi connectivity index (χ0n) is 19.5. The van der Waals surface area contributed by atoms with Crippen molar-refractivity contribution in [1.29, 1.82) is 0 Å². The number of thiazole rings is 1. The molecule has 5 rings (SSSR count). The summed E-state index contributed by atoms with van der Waals surface area (Å²) in [6.45, 7) is 2.90. The van der Waals surface area contributed by atoms with Gasteiger partial charge in [-0.2, -0.15) is 4.31 Å². The van der Waals surface area contributed by atoms with Crippen molar-refractivity contribution in [2.75, 3.05) is 18.0 Å². The third-order valence-corrected chi connectivity index (χ3v) is 9.29. The molecule has 1 amide bonds. The van der Waals surface area contributed by atoms with Crippen LogP contribution >= 0.6 is 11.3 Å². The molecule has 180 valence electrons. The highest BCUT2D eigenvalue weighted by molar-refractivity contribution is 7.89. The maximum Gasteiger partial charge on any atom is 0.243 e. The van der Waals surface area contributed by atoms with Crippen LogP contribution in [0.4, 0.5) is 5.13 Å². The van der Waals surface area contributed by atoms with E-state index in [-0.39, 0.29) is 17.3 Å². The third-order valence-electron chi connectivity index (χ3n) is 6.36. The van der Waals surface area contributed by atoms with Gasteiger partial charge in [-0.05, 0) is 49.6 Å². The minimum atomic E-state index is -3.67. The normalized spacial score (nSPS) is 16.9. The third kappa shape index (κ3) is 5.00. The van der Waals surface area contributed by atoms with Crippen molar-refractivity contribution in [3.05, 3.63) is 90.0 Å². The zero-order valence-corrected chi connectivity index (χ0v) is 21.1. The second-order valence-corrected chi connectivity index (χ2v) is 11.8. The summed E-state index contributed by atoms with van der Waals surface area (Å²) in [4.78, 5) is 20.6. The first-order valence-electron chi connectivity index (χ1n) is 11.7. The van der Waals surface area contributed by atoms with Gasteiger partial charge < -0.3 is 0 Å². The van der Waals surface area contributed by atoms with Gasteiger partial charge >= 0.3 is 0 Å². The molecule has 8 heteroatoms. The molecule has 35 heavy (non-hydrogen) atoms. The number of carbonyl (C=O) groups is 1. The number of piperidine rings is 1. The summed E-state index contributed by atoms with van der Waals surface area (Å²) in [7, 11) is -3.67. The van der Waals surface area contributed by atoms with Gasteiger partial charge in [-0.1, -0.05) is 71.5 Å². The lowest BCUT2D eigenvalue weighted by atomic mass is 9.98. The molecule has 3 aromatic carbocycles. The van der Waals surface area contributed by atoms with Crippen LogP contribution in [0.1, 0.15) is 24.0 Å². The van der Waals surface area contributed by atoms with Gasteiger partial charge in [0.25, 0.3) is 0 Å². The number of fused-ring (bicyclic) bond motifs is 1. The van der Waals surface area contributed by atoms with E-state index in [9.17, 15) is 13.2 Å². The molecule has 0 radical (unpaired) electrons. The molecular formula is C27H27N3O3S2. The molecular weight excluding hydrogens is 478 g/mol. The van der Waals surface area contributed by atoms with Crippen LogP contribution in [0.25, 0.3) is 10.2 Å². The molecule has 1 atom stereocenters. The fourth-order valence-electron chi connectivity index (χ4n) is 4.42. The molecule has 1 aliphatic rings. The molecule has 1 fully saturated rings. The molecule has 0 spiro atoms. The molecule has 1 unspecified atom stereocenters. The molecule has 0 N–H and O–H groups in total. The number of nitrogens with zero attached hydrogens (tertiary/aromatic N) is 3. The highest BCUT2D eigenvalue weighted by Gasteiger charge is 2.36. The van der Waals surface area contributed by atoms with Gasteiger partial charge in [0.15, 0.2) is 5.13 Å². The molecule has 0 bridgehead atoms. The van der Waals surface area contributed by atoms with Crippen molar-refractivity contribution in [2.45, 2.75) is 31.2 Å². The predicted molar refractivity (Wildman–Crippen MR) is 140 cm³/mol. The standard InChI is InChI=1S/C27H27N3O3S2/c1-20-13-15-23(16-14-20)35(32,33)29-17-7-10-22(19-29)26(31)30(18-21-8-3-2-4-9-21)27-28-24-11-5-6-12-25(24)34-27/h2-6,8-9,11-16,22H,7,10,17-19H2,1H3. The number of para-hydroxylation sites is 1. The average Bonchev–Trinajstić information content (AvgIpc) is 3.32. The Morgan fingerprint density at radius 1 is 1.03 bits per heavy atom. The van der Waals surface area contributed by atoms with Crippen LogP contribution in [0.15, 0.2) is 83.8 Å². The number of sulfonamides is 1. The second-order valence-electron chi connectivity index (χ2n) is 8.89. The molecule has 6 nitrogen and oxygen atoms in total. The maximum absolute atomic E-state index is 13.9. The number of amides is 1. The SMILES string of the molecule is Cc1ccc(S(=O)(=O)N2CCCC(C(=O)N(Cc3ccccc3)c3nc4ccccc4s3)C2)cc1. The summed E-state index contributed by atoms with van der Waals surface area (Å²) in [5.41, 5.74) is 2.86. The maximum atomic E-state index is 13.9. The Balaban J connectivity index is 1.43. The number of rotatable bonds is 6. The number of hydrogen-bond donors (Lipinski definition) is 0. The van der Waals surface area contributed by atoms with E-state index in [0.29, 0.717) is 31.1 Å². The molecule has 2 heterocycles. The van der Waals surface area contributed by atoms with Crippen molar-refractivity contribution in [3.63, 3.8) is 0 Å². The Kier molecular flexibility index (Phi) is 6.69. The Hall–Kier alpha value is -3.07. The second kappa shape index (κ2) is 9.89. The summed E-state index contributed by atoms with van der Waals surface area (Å²) < 4.78 is 29.1. The van der Waals surface area contributed by atoms with Crippen LogP contribution in [-0.4, -0.2) is 36.7 Å². The molecule has 4 aromatic rings. The number of aromatic nitrogens is 1. The van der Waals surface area contributed by atoms with E-state index in [1.807, 2.05) is 61.5 Å². The quantitative estimate of drug-likeness (QED) is 0.359. The van der Waals surface area contributed by atoms with E-state index in [1.165, 1.54) is 15.6 Å². The molecule has 1 aliphatic heterocycles. The van der Waals surface area contributed by atoms with E-state index in [1.54, 1.807) is 29.2 Å². The Morgan fingerprint density at radius 3 is 2.49 bits per heavy atom.